The number of hydrogen-bond donors (Lipinski definition) is 3. The van der Waals surface area contributed by atoms with Gasteiger partial charge in [-0.25, -0.2) is 4.79 Å². The Labute approximate surface area is 75.9 Å². The summed E-state index contributed by atoms with van der Waals surface area (Å²) in [6.45, 7) is -0.368. The highest BCUT2D eigenvalue weighted by Crippen LogP contribution is 2.23. The van der Waals surface area contributed by atoms with Crippen molar-refractivity contribution >= 4 is 5.97 Å². The van der Waals surface area contributed by atoms with Gasteiger partial charge in [0.25, 0.3) is 0 Å². The van der Waals surface area contributed by atoms with Crippen molar-refractivity contribution in [3.8, 4) is 0 Å². The van der Waals surface area contributed by atoms with E-state index in [2.05, 4.69) is 0 Å². The Kier molecular flexibility index (Phi) is 3.24. The highest BCUT2D eigenvalue weighted by Gasteiger charge is 2.45. The molecule has 0 aliphatic carbocycles. The lowest BCUT2D eigenvalue weighted by atomic mass is 9.92. The quantitative estimate of drug-likeness (QED) is 0.551. The van der Waals surface area contributed by atoms with Crippen molar-refractivity contribution in [2.75, 3.05) is 13.2 Å². The largest absolute Gasteiger partial charge is 0.479 e. The maximum Gasteiger partial charge on any atom is 0.340 e. The minimum Gasteiger partial charge on any atom is -0.479 e. The molecule has 0 aromatic rings. The number of carboxylic acid groups (broad SMARTS) is 1. The standard InChI is InChI=1S/C8H14O5/c9-5-8(12,7(10)11)6-3-1-2-4-13-6/h6,9,12H,1-5H2,(H,10,11). The summed E-state index contributed by atoms with van der Waals surface area (Å²) in [7, 11) is 0. The number of carbonyl (C=O) groups is 1. The van der Waals surface area contributed by atoms with Gasteiger partial charge in [0, 0.05) is 6.61 Å². The summed E-state index contributed by atoms with van der Waals surface area (Å²) >= 11 is 0. The molecule has 1 aliphatic heterocycles. The van der Waals surface area contributed by atoms with E-state index in [0.29, 0.717) is 13.0 Å². The summed E-state index contributed by atoms with van der Waals surface area (Å²) in [5.74, 6) is -1.43. The molecule has 76 valence electrons. The van der Waals surface area contributed by atoms with Crippen molar-refractivity contribution < 1.29 is 24.9 Å². The molecule has 2 unspecified atom stereocenters. The van der Waals surface area contributed by atoms with Crippen LogP contribution in [-0.2, 0) is 9.53 Å². The molecule has 0 spiro atoms. The minimum absolute atomic E-state index is 0.445. The Bertz CT molecular complexity index is 187. The molecule has 5 heteroatoms. The zero-order valence-corrected chi connectivity index (χ0v) is 7.27. The predicted molar refractivity (Wildman–Crippen MR) is 43.3 cm³/mol. The molecule has 1 heterocycles. The molecule has 0 amide bonds. The number of hydrogen-bond acceptors (Lipinski definition) is 4. The van der Waals surface area contributed by atoms with Crippen molar-refractivity contribution in [3.05, 3.63) is 0 Å². The van der Waals surface area contributed by atoms with Crippen LogP contribution in [0.5, 0.6) is 0 Å². The molecule has 1 rings (SSSR count). The lowest BCUT2D eigenvalue weighted by Crippen LogP contribution is -2.54. The van der Waals surface area contributed by atoms with Gasteiger partial charge < -0.3 is 20.1 Å². The second-order valence-corrected chi connectivity index (χ2v) is 3.24. The molecule has 1 saturated heterocycles. The van der Waals surface area contributed by atoms with Crippen molar-refractivity contribution in [1.82, 2.24) is 0 Å². The summed E-state index contributed by atoms with van der Waals surface area (Å²) in [5.41, 5.74) is -2.14. The molecule has 0 bridgehead atoms. The summed E-state index contributed by atoms with van der Waals surface area (Å²) in [6, 6.07) is 0. The molecule has 1 fully saturated rings. The number of aliphatic hydroxyl groups excluding tert-OH is 1. The highest BCUT2D eigenvalue weighted by molar-refractivity contribution is 5.78. The van der Waals surface area contributed by atoms with Crippen LogP contribution < -0.4 is 0 Å². The number of aliphatic carboxylic acids is 1. The van der Waals surface area contributed by atoms with Crippen LogP contribution in [0, 0.1) is 0 Å². The summed E-state index contributed by atoms with van der Waals surface area (Å²) in [6.07, 6.45) is 1.38. The normalized spacial score (nSPS) is 28.0. The molecular formula is C8H14O5. The van der Waals surface area contributed by atoms with Gasteiger partial charge in [0.15, 0.2) is 0 Å². The zero-order chi connectivity index (χ0) is 9.90. The van der Waals surface area contributed by atoms with E-state index in [9.17, 15) is 9.90 Å². The molecule has 0 aromatic carbocycles. The van der Waals surface area contributed by atoms with Gasteiger partial charge in [-0.1, -0.05) is 0 Å². The number of ether oxygens (including phenoxy) is 1. The summed E-state index contributed by atoms with van der Waals surface area (Å²) in [5, 5.41) is 27.0. The SMILES string of the molecule is O=C(O)C(O)(CO)C1CCCCO1. The number of rotatable bonds is 3. The molecule has 3 N–H and O–H groups in total. The van der Waals surface area contributed by atoms with E-state index in [-0.39, 0.29) is 0 Å². The fourth-order valence-corrected chi connectivity index (χ4v) is 1.42. The molecule has 0 saturated carbocycles. The van der Waals surface area contributed by atoms with E-state index in [1.165, 1.54) is 0 Å². The zero-order valence-electron chi connectivity index (χ0n) is 7.27. The summed E-state index contributed by atoms with van der Waals surface area (Å²) < 4.78 is 5.10. The first-order valence-corrected chi connectivity index (χ1v) is 4.29. The maximum absolute atomic E-state index is 10.7. The maximum atomic E-state index is 10.7. The van der Waals surface area contributed by atoms with Crippen LogP contribution >= 0.6 is 0 Å². The first kappa shape index (κ1) is 10.4. The van der Waals surface area contributed by atoms with Gasteiger partial charge in [0.1, 0.15) is 0 Å². The van der Waals surface area contributed by atoms with Crippen LogP contribution in [0.2, 0.25) is 0 Å². The fraction of sp³-hybridized carbons (Fsp3) is 0.875. The third-order valence-electron chi connectivity index (χ3n) is 2.32. The molecule has 1 aliphatic rings. The molecule has 13 heavy (non-hydrogen) atoms. The van der Waals surface area contributed by atoms with E-state index in [0.717, 1.165) is 12.8 Å². The van der Waals surface area contributed by atoms with Crippen LogP contribution in [0.25, 0.3) is 0 Å². The number of carboxylic acids is 1. The Morgan fingerprint density at radius 2 is 2.23 bits per heavy atom. The average molecular weight is 190 g/mol. The Hall–Kier alpha value is -0.650. The lowest BCUT2D eigenvalue weighted by molar-refractivity contribution is -0.189. The second-order valence-electron chi connectivity index (χ2n) is 3.24. The van der Waals surface area contributed by atoms with Crippen LogP contribution in [0.15, 0.2) is 0 Å². The van der Waals surface area contributed by atoms with Crippen molar-refractivity contribution in [2.24, 2.45) is 0 Å². The van der Waals surface area contributed by atoms with E-state index >= 15 is 0 Å². The van der Waals surface area contributed by atoms with E-state index in [1.807, 2.05) is 0 Å². The molecular weight excluding hydrogens is 176 g/mol. The lowest BCUT2D eigenvalue weighted by Gasteiger charge is -2.33. The second kappa shape index (κ2) is 4.04. The van der Waals surface area contributed by atoms with Gasteiger partial charge in [0.05, 0.1) is 12.7 Å². The molecule has 5 nitrogen and oxygen atoms in total. The first-order chi connectivity index (χ1) is 6.11. The molecule has 2 atom stereocenters. The third-order valence-corrected chi connectivity index (χ3v) is 2.32. The Morgan fingerprint density at radius 1 is 1.54 bits per heavy atom. The number of aliphatic hydroxyl groups is 2. The van der Waals surface area contributed by atoms with Crippen LogP contribution in [0.3, 0.4) is 0 Å². The average Bonchev–Trinajstić information content (AvgIpc) is 2.17. The van der Waals surface area contributed by atoms with Gasteiger partial charge in [-0.3, -0.25) is 0 Å². The van der Waals surface area contributed by atoms with Gasteiger partial charge >= 0.3 is 5.97 Å². The smallest absolute Gasteiger partial charge is 0.340 e. The minimum atomic E-state index is -2.14. The van der Waals surface area contributed by atoms with Crippen LogP contribution in [-0.4, -0.2) is 46.2 Å². The monoisotopic (exact) mass is 190 g/mol. The Morgan fingerprint density at radius 3 is 2.62 bits per heavy atom. The van der Waals surface area contributed by atoms with E-state index in [4.69, 9.17) is 14.9 Å². The van der Waals surface area contributed by atoms with Gasteiger partial charge in [-0.05, 0) is 19.3 Å². The van der Waals surface area contributed by atoms with Gasteiger partial charge in [0.2, 0.25) is 5.60 Å². The predicted octanol–water partition coefficient (Wildman–Crippen LogP) is -0.637. The summed E-state index contributed by atoms with van der Waals surface area (Å²) in [4.78, 5) is 10.7. The molecule has 0 radical (unpaired) electrons. The third kappa shape index (κ3) is 1.99. The first-order valence-electron chi connectivity index (χ1n) is 4.29. The Balaban J connectivity index is 2.68. The van der Waals surface area contributed by atoms with Crippen LogP contribution in [0.4, 0.5) is 0 Å². The van der Waals surface area contributed by atoms with E-state index in [1.54, 1.807) is 0 Å². The van der Waals surface area contributed by atoms with Gasteiger partial charge in [-0.2, -0.15) is 0 Å². The molecule has 0 aromatic heterocycles. The fourth-order valence-electron chi connectivity index (χ4n) is 1.42. The topological polar surface area (TPSA) is 87.0 Å². The van der Waals surface area contributed by atoms with Crippen molar-refractivity contribution in [1.29, 1.82) is 0 Å². The van der Waals surface area contributed by atoms with E-state index < -0.39 is 24.3 Å². The van der Waals surface area contributed by atoms with Crippen LogP contribution in [0.1, 0.15) is 19.3 Å². The highest BCUT2D eigenvalue weighted by atomic mass is 16.5. The van der Waals surface area contributed by atoms with Crippen molar-refractivity contribution in [2.45, 2.75) is 31.0 Å². The van der Waals surface area contributed by atoms with Crippen molar-refractivity contribution in [3.63, 3.8) is 0 Å². The van der Waals surface area contributed by atoms with Gasteiger partial charge in [-0.15, -0.1) is 0 Å².